The molecule has 0 spiro atoms. The maximum Gasteiger partial charge on any atom is 0.365 e. The van der Waals surface area contributed by atoms with Crippen LogP contribution in [-0.4, -0.2) is 21.0 Å². The quantitative estimate of drug-likeness (QED) is 0.393. The predicted molar refractivity (Wildman–Crippen MR) is 55.5 cm³/mol. The molecule has 0 aliphatic heterocycles. The Balaban J connectivity index is 3.51. The highest BCUT2D eigenvalue weighted by atomic mass is 127. The minimum absolute atomic E-state index is 0.338. The lowest BCUT2D eigenvalue weighted by molar-refractivity contribution is -0.389. The van der Waals surface area contributed by atoms with Gasteiger partial charge in [0, 0.05) is 34.2 Å². The maximum absolute atomic E-state index is 12.5. The molecule has 1 aromatic rings. The molecule has 86 valence electrons. The van der Waals surface area contributed by atoms with Gasteiger partial charge in [-0.25, -0.2) is 13.6 Å². The molecule has 9 heteroatoms. The van der Waals surface area contributed by atoms with Gasteiger partial charge in [-0.2, -0.15) is 0 Å². The first-order valence-electron chi connectivity index (χ1n) is 3.71. The van der Waals surface area contributed by atoms with Crippen LogP contribution in [0.3, 0.4) is 0 Å². The summed E-state index contributed by atoms with van der Waals surface area (Å²) in [5, 5.41) is 19.0. The van der Waals surface area contributed by atoms with Crippen molar-refractivity contribution in [1.29, 1.82) is 0 Å². The molecule has 0 radical (unpaired) electrons. The molecule has 0 unspecified atom stereocenters. The summed E-state index contributed by atoms with van der Waals surface area (Å²) in [6.07, 6.45) is -3.11. The predicted octanol–water partition coefficient (Wildman–Crippen LogP) is 2.23. The smallest absolute Gasteiger partial charge is 0.365 e. The second-order valence-electron chi connectivity index (χ2n) is 2.60. The van der Waals surface area contributed by atoms with Gasteiger partial charge in [0.25, 0.3) is 6.43 Å². The minimum Gasteiger partial charge on any atom is -0.477 e. The van der Waals surface area contributed by atoms with Crippen LogP contribution in [0.25, 0.3) is 0 Å². The van der Waals surface area contributed by atoms with Crippen molar-refractivity contribution in [2.75, 3.05) is 0 Å². The van der Waals surface area contributed by atoms with E-state index >= 15 is 0 Å². The SMILES string of the molecule is O=C(O)c1c(C(F)F)cc([N+](=O)[O-])nc1I. The van der Waals surface area contributed by atoms with Crippen LogP contribution in [0.5, 0.6) is 0 Å². The van der Waals surface area contributed by atoms with Crippen molar-refractivity contribution in [2.45, 2.75) is 6.43 Å². The lowest BCUT2D eigenvalue weighted by atomic mass is 10.1. The Bertz CT molecular complexity index is 466. The van der Waals surface area contributed by atoms with Gasteiger partial charge in [0.15, 0.2) is 0 Å². The minimum atomic E-state index is -3.11. The van der Waals surface area contributed by atoms with Crippen molar-refractivity contribution in [1.82, 2.24) is 4.98 Å². The second-order valence-corrected chi connectivity index (χ2v) is 3.62. The second kappa shape index (κ2) is 4.63. The first kappa shape index (κ1) is 12.7. The molecule has 0 aliphatic carbocycles. The number of nitrogens with zero attached hydrogens (tertiary/aromatic N) is 2. The van der Waals surface area contributed by atoms with Crippen molar-refractivity contribution in [3.05, 3.63) is 31.0 Å². The number of aromatic nitrogens is 1. The molecule has 0 fully saturated rings. The van der Waals surface area contributed by atoms with Crippen LogP contribution in [0.4, 0.5) is 14.6 Å². The van der Waals surface area contributed by atoms with E-state index in [-0.39, 0.29) is 3.70 Å². The number of carboxylic acids is 1. The fourth-order valence-electron chi connectivity index (χ4n) is 0.996. The van der Waals surface area contributed by atoms with Crippen molar-refractivity contribution < 1.29 is 23.6 Å². The van der Waals surface area contributed by atoms with E-state index in [0.717, 1.165) is 0 Å². The van der Waals surface area contributed by atoms with Gasteiger partial charge >= 0.3 is 11.8 Å². The standard InChI is InChI=1S/C7H3F2IN2O4/c8-5(9)2-1-3(12(15)16)11-6(10)4(2)7(13)14/h1,5H,(H,13,14). The highest BCUT2D eigenvalue weighted by molar-refractivity contribution is 14.1. The molecule has 1 heterocycles. The van der Waals surface area contributed by atoms with E-state index < -0.39 is 34.3 Å². The highest BCUT2D eigenvalue weighted by Crippen LogP contribution is 2.28. The van der Waals surface area contributed by atoms with Crippen LogP contribution in [0.2, 0.25) is 0 Å². The van der Waals surface area contributed by atoms with Gasteiger partial charge in [-0.15, -0.1) is 0 Å². The van der Waals surface area contributed by atoms with E-state index in [2.05, 4.69) is 4.98 Å². The average molecular weight is 344 g/mol. The van der Waals surface area contributed by atoms with Gasteiger partial charge in [-0.3, -0.25) is 0 Å². The normalized spacial score (nSPS) is 10.5. The van der Waals surface area contributed by atoms with Gasteiger partial charge in [0.1, 0.15) is 5.56 Å². The monoisotopic (exact) mass is 344 g/mol. The zero-order chi connectivity index (χ0) is 12.5. The van der Waals surface area contributed by atoms with E-state index in [9.17, 15) is 23.7 Å². The summed E-state index contributed by atoms with van der Waals surface area (Å²) in [7, 11) is 0. The molecule has 0 saturated heterocycles. The first-order chi connectivity index (χ1) is 7.34. The van der Waals surface area contributed by atoms with E-state index in [1.54, 1.807) is 0 Å². The number of carbonyl (C=O) groups is 1. The molecule has 0 bridgehead atoms. The number of halogens is 3. The Morgan fingerprint density at radius 1 is 1.62 bits per heavy atom. The number of alkyl halides is 2. The Hall–Kier alpha value is -1.39. The van der Waals surface area contributed by atoms with E-state index in [1.165, 1.54) is 22.6 Å². The molecule has 1 N–H and O–H groups in total. The number of rotatable bonds is 3. The van der Waals surface area contributed by atoms with E-state index in [4.69, 9.17) is 5.11 Å². The topological polar surface area (TPSA) is 93.3 Å². The van der Waals surface area contributed by atoms with Gasteiger partial charge < -0.3 is 15.2 Å². The van der Waals surface area contributed by atoms with Crippen LogP contribution >= 0.6 is 22.6 Å². The van der Waals surface area contributed by atoms with Crippen LogP contribution in [0.1, 0.15) is 22.3 Å². The number of nitro groups is 1. The molecule has 1 rings (SSSR count). The fraction of sp³-hybridized carbons (Fsp3) is 0.143. The lowest BCUT2D eigenvalue weighted by Crippen LogP contribution is -2.09. The van der Waals surface area contributed by atoms with Crippen molar-refractivity contribution in [3.8, 4) is 0 Å². The summed E-state index contributed by atoms with van der Waals surface area (Å²) in [6, 6.07) is 0.469. The van der Waals surface area contributed by atoms with Crippen LogP contribution in [0, 0.1) is 13.8 Å². The summed E-state index contributed by atoms with van der Waals surface area (Å²) in [6.45, 7) is 0. The zero-order valence-electron chi connectivity index (χ0n) is 7.35. The van der Waals surface area contributed by atoms with Gasteiger partial charge in [0.2, 0.25) is 3.70 Å². The number of carboxylic acid groups (broad SMARTS) is 1. The molecule has 1 aromatic heterocycles. The lowest BCUT2D eigenvalue weighted by Gasteiger charge is -2.04. The summed E-state index contributed by atoms with van der Waals surface area (Å²) in [5.41, 5.74) is -1.61. The summed E-state index contributed by atoms with van der Waals surface area (Å²) < 4.78 is 24.7. The third-order valence-electron chi connectivity index (χ3n) is 1.63. The third kappa shape index (κ3) is 2.40. The van der Waals surface area contributed by atoms with Crippen LogP contribution < -0.4 is 0 Å². The molecule has 0 saturated carbocycles. The number of aromatic carboxylic acids is 1. The molecular weight excluding hydrogens is 341 g/mol. The Kier molecular flexibility index (Phi) is 3.67. The molecule has 0 atom stereocenters. The molecule has 6 nitrogen and oxygen atoms in total. The summed E-state index contributed by atoms with van der Waals surface area (Å²) in [5.74, 6) is -2.40. The van der Waals surface area contributed by atoms with Crippen LogP contribution in [-0.2, 0) is 0 Å². The maximum atomic E-state index is 12.5. The highest BCUT2D eigenvalue weighted by Gasteiger charge is 2.28. The summed E-state index contributed by atoms with van der Waals surface area (Å²) >= 11 is 1.36. The summed E-state index contributed by atoms with van der Waals surface area (Å²) in [4.78, 5) is 23.4. The number of hydrogen-bond acceptors (Lipinski definition) is 4. The van der Waals surface area contributed by atoms with E-state index in [0.29, 0.717) is 6.07 Å². The molecule has 0 aliphatic rings. The van der Waals surface area contributed by atoms with Crippen LogP contribution in [0.15, 0.2) is 6.07 Å². The number of pyridine rings is 1. The van der Waals surface area contributed by atoms with Crippen molar-refractivity contribution >= 4 is 34.4 Å². The Morgan fingerprint density at radius 2 is 2.19 bits per heavy atom. The average Bonchev–Trinajstić information content (AvgIpc) is 2.15. The Labute approximate surface area is 101 Å². The first-order valence-corrected chi connectivity index (χ1v) is 4.78. The van der Waals surface area contributed by atoms with Gasteiger partial charge in [0.05, 0.1) is 0 Å². The number of hydrogen-bond donors (Lipinski definition) is 1. The fourth-order valence-corrected chi connectivity index (χ4v) is 1.79. The van der Waals surface area contributed by atoms with Crippen molar-refractivity contribution in [3.63, 3.8) is 0 Å². The molecule has 16 heavy (non-hydrogen) atoms. The molecule has 0 aromatic carbocycles. The van der Waals surface area contributed by atoms with Gasteiger partial charge in [-0.1, -0.05) is 0 Å². The zero-order valence-corrected chi connectivity index (χ0v) is 9.51. The largest absolute Gasteiger partial charge is 0.477 e. The van der Waals surface area contributed by atoms with E-state index in [1.807, 2.05) is 0 Å². The third-order valence-corrected chi connectivity index (χ3v) is 2.41. The Morgan fingerprint density at radius 3 is 2.56 bits per heavy atom. The van der Waals surface area contributed by atoms with Gasteiger partial charge in [-0.05, 0) is 9.91 Å². The van der Waals surface area contributed by atoms with Crippen molar-refractivity contribution in [2.24, 2.45) is 0 Å². The molecular formula is C7H3F2IN2O4. The molecule has 0 amide bonds.